The number of ether oxygens (including phenoxy) is 1. The Morgan fingerprint density at radius 1 is 1.00 bits per heavy atom. The van der Waals surface area contributed by atoms with Crippen molar-refractivity contribution in [2.45, 2.75) is 58.1 Å². The third kappa shape index (κ3) is 5.35. The van der Waals surface area contributed by atoms with E-state index < -0.39 is 6.10 Å². The Kier molecular flexibility index (Phi) is 5.73. The Hall–Kier alpha value is -2.82. The Balaban J connectivity index is 1.54. The van der Waals surface area contributed by atoms with E-state index in [1.807, 2.05) is 24.3 Å². The predicted octanol–water partition coefficient (Wildman–Crippen LogP) is 4.28. The number of hydrogen-bond acceptors (Lipinski definition) is 3. The zero-order chi connectivity index (χ0) is 20.3. The van der Waals surface area contributed by atoms with Gasteiger partial charge in [0.15, 0.2) is 6.10 Å². The summed E-state index contributed by atoms with van der Waals surface area (Å²) in [6.45, 7) is 8.17. The molecule has 1 atom stereocenters. The van der Waals surface area contributed by atoms with E-state index in [0.29, 0.717) is 23.0 Å². The zero-order valence-electron chi connectivity index (χ0n) is 16.9. The predicted molar refractivity (Wildman–Crippen MR) is 111 cm³/mol. The number of carbonyl (C=O) groups is 2. The molecule has 1 saturated carbocycles. The SMILES string of the molecule is CC(Oc1ccc(C(C)(C)C)cc1)C(=O)Nc1ccc(C(=O)NC2CC2)cc1. The summed E-state index contributed by atoms with van der Waals surface area (Å²) in [6, 6.07) is 15.0. The summed E-state index contributed by atoms with van der Waals surface area (Å²) in [7, 11) is 0. The molecule has 5 nitrogen and oxygen atoms in total. The van der Waals surface area contributed by atoms with Gasteiger partial charge in [-0.3, -0.25) is 9.59 Å². The van der Waals surface area contributed by atoms with E-state index in [2.05, 4.69) is 31.4 Å². The van der Waals surface area contributed by atoms with E-state index in [9.17, 15) is 9.59 Å². The van der Waals surface area contributed by atoms with E-state index in [-0.39, 0.29) is 17.2 Å². The molecular weight excluding hydrogens is 352 g/mol. The largest absolute Gasteiger partial charge is 0.481 e. The number of hydrogen-bond donors (Lipinski definition) is 2. The van der Waals surface area contributed by atoms with Crippen molar-refractivity contribution in [3.8, 4) is 5.75 Å². The quantitative estimate of drug-likeness (QED) is 0.786. The third-order valence-corrected chi connectivity index (χ3v) is 4.73. The van der Waals surface area contributed by atoms with E-state index in [1.54, 1.807) is 31.2 Å². The number of amides is 2. The van der Waals surface area contributed by atoms with Crippen LogP contribution in [0.25, 0.3) is 0 Å². The lowest BCUT2D eigenvalue weighted by atomic mass is 9.87. The highest BCUT2D eigenvalue weighted by molar-refractivity contribution is 5.97. The fraction of sp³-hybridized carbons (Fsp3) is 0.391. The van der Waals surface area contributed by atoms with Crippen LogP contribution in [0.3, 0.4) is 0 Å². The average molecular weight is 380 g/mol. The fourth-order valence-corrected chi connectivity index (χ4v) is 2.74. The Bertz CT molecular complexity index is 832. The average Bonchev–Trinajstić information content (AvgIpc) is 3.46. The minimum absolute atomic E-state index is 0.0727. The molecule has 0 saturated heterocycles. The number of nitrogens with one attached hydrogen (secondary N) is 2. The molecule has 2 amide bonds. The number of rotatable bonds is 6. The molecule has 1 aliphatic carbocycles. The molecule has 0 aromatic heterocycles. The van der Waals surface area contributed by atoms with Crippen LogP contribution in [0.2, 0.25) is 0 Å². The molecule has 2 aromatic carbocycles. The van der Waals surface area contributed by atoms with Crippen molar-refractivity contribution in [2.75, 3.05) is 5.32 Å². The van der Waals surface area contributed by atoms with Gasteiger partial charge < -0.3 is 15.4 Å². The van der Waals surface area contributed by atoms with Crippen molar-refractivity contribution >= 4 is 17.5 Å². The highest BCUT2D eigenvalue weighted by Gasteiger charge is 2.23. The summed E-state index contributed by atoms with van der Waals surface area (Å²) in [5.74, 6) is 0.341. The second-order valence-electron chi connectivity index (χ2n) is 8.35. The van der Waals surface area contributed by atoms with Gasteiger partial charge in [-0.25, -0.2) is 0 Å². The highest BCUT2D eigenvalue weighted by atomic mass is 16.5. The van der Waals surface area contributed by atoms with Crippen molar-refractivity contribution < 1.29 is 14.3 Å². The summed E-state index contributed by atoms with van der Waals surface area (Å²) in [5, 5.41) is 5.76. The molecule has 2 N–H and O–H groups in total. The lowest BCUT2D eigenvalue weighted by molar-refractivity contribution is -0.122. The van der Waals surface area contributed by atoms with Crippen molar-refractivity contribution in [1.29, 1.82) is 0 Å². The number of benzene rings is 2. The number of carbonyl (C=O) groups excluding carboxylic acids is 2. The van der Waals surface area contributed by atoms with Crippen LogP contribution in [-0.2, 0) is 10.2 Å². The summed E-state index contributed by atoms with van der Waals surface area (Å²) in [5.41, 5.74) is 2.51. The van der Waals surface area contributed by atoms with E-state index in [1.165, 1.54) is 5.56 Å². The molecule has 3 rings (SSSR count). The van der Waals surface area contributed by atoms with Gasteiger partial charge in [0.25, 0.3) is 11.8 Å². The zero-order valence-corrected chi connectivity index (χ0v) is 16.9. The molecule has 1 aliphatic rings. The van der Waals surface area contributed by atoms with Crippen molar-refractivity contribution in [2.24, 2.45) is 0 Å². The van der Waals surface area contributed by atoms with Crippen LogP contribution in [-0.4, -0.2) is 24.0 Å². The molecule has 0 spiro atoms. The van der Waals surface area contributed by atoms with Crippen molar-refractivity contribution in [3.63, 3.8) is 0 Å². The summed E-state index contributed by atoms with van der Waals surface area (Å²) >= 11 is 0. The van der Waals surface area contributed by atoms with E-state index >= 15 is 0 Å². The smallest absolute Gasteiger partial charge is 0.265 e. The van der Waals surface area contributed by atoms with Crippen LogP contribution in [0.5, 0.6) is 5.75 Å². The van der Waals surface area contributed by atoms with Gasteiger partial charge in [0.1, 0.15) is 5.75 Å². The molecule has 1 unspecified atom stereocenters. The first-order valence-electron chi connectivity index (χ1n) is 9.71. The van der Waals surface area contributed by atoms with Gasteiger partial charge in [0.05, 0.1) is 0 Å². The van der Waals surface area contributed by atoms with Crippen LogP contribution in [0, 0.1) is 0 Å². The maximum Gasteiger partial charge on any atom is 0.265 e. The minimum Gasteiger partial charge on any atom is -0.481 e. The topological polar surface area (TPSA) is 67.4 Å². The first kappa shape index (κ1) is 19.9. The van der Waals surface area contributed by atoms with Gasteiger partial charge in [-0.15, -0.1) is 0 Å². The standard InChI is InChI=1S/C23H28N2O3/c1-15(28-20-13-7-17(8-14-20)23(2,3)4)21(26)24-18-9-5-16(6-10-18)22(27)25-19-11-12-19/h5-10,13-15,19H,11-12H2,1-4H3,(H,24,26)(H,25,27). The molecule has 0 bridgehead atoms. The van der Waals surface area contributed by atoms with Gasteiger partial charge in [-0.1, -0.05) is 32.9 Å². The monoisotopic (exact) mass is 380 g/mol. The summed E-state index contributed by atoms with van der Waals surface area (Å²) in [4.78, 5) is 24.4. The fourth-order valence-electron chi connectivity index (χ4n) is 2.74. The van der Waals surface area contributed by atoms with Crippen LogP contribution in [0.15, 0.2) is 48.5 Å². The second-order valence-corrected chi connectivity index (χ2v) is 8.35. The Labute approximate surface area is 166 Å². The van der Waals surface area contributed by atoms with Gasteiger partial charge >= 0.3 is 0 Å². The first-order valence-corrected chi connectivity index (χ1v) is 9.71. The highest BCUT2D eigenvalue weighted by Crippen LogP contribution is 2.25. The molecular formula is C23H28N2O3. The Morgan fingerprint density at radius 3 is 2.14 bits per heavy atom. The lowest BCUT2D eigenvalue weighted by Gasteiger charge is -2.20. The molecule has 2 aromatic rings. The minimum atomic E-state index is -0.640. The van der Waals surface area contributed by atoms with Crippen LogP contribution in [0.4, 0.5) is 5.69 Å². The molecule has 1 fully saturated rings. The number of anilines is 1. The van der Waals surface area contributed by atoms with Gasteiger partial charge in [0, 0.05) is 17.3 Å². The summed E-state index contributed by atoms with van der Waals surface area (Å²) in [6.07, 6.45) is 1.46. The summed E-state index contributed by atoms with van der Waals surface area (Å²) < 4.78 is 5.75. The van der Waals surface area contributed by atoms with Crippen molar-refractivity contribution in [1.82, 2.24) is 5.32 Å². The van der Waals surface area contributed by atoms with Crippen LogP contribution in [0.1, 0.15) is 56.5 Å². The van der Waals surface area contributed by atoms with Crippen LogP contribution >= 0.6 is 0 Å². The maximum absolute atomic E-state index is 12.4. The second kappa shape index (κ2) is 8.05. The van der Waals surface area contributed by atoms with Gasteiger partial charge in [-0.2, -0.15) is 0 Å². The van der Waals surface area contributed by atoms with E-state index in [4.69, 9.17) is 4.74 Å². The molecule has 0 aliphatic heterocycles. The normalized spacial score (nSPS) is 14.9. The lowest BCUT2D eigenvalue weighted by Crippen LogP contribution is -2.30. The van der Waals surface area contributed by atoms with E-state index in [0.717, 1.165) is 12.8 Å². The molecule has 0 radical (unpaired) electrons. The molecule has 0 heterocycles. The molecule has 28 heavy (non-hydrogen) atoms. The van der Waals surface area contributed by atoms with Gasteiger partial charge in [0.2, 0.25) is 0 Å². The first-order chi connectivity index (χ1) is 13.2. The third-order valence-electron chi connectivity index (χ3n) is 4.73. The molecule has 5 heteroatoms. The van der Waals surface area contributed by atoms with Crippen molar-refractivity contribution in [3.05, 3.63) is 59.7 Å². The Morgan fingerprint density at radius 2 is 1.61 bits per heavy atom. The maximum atomic E-state index is 12.4. The molecule has 148 valence electrons. The van der Waals surface area contributed by atoms with Gasteiger partial charge in [-0.05, 0) is 67.1 Å². The van der Waals surface area contributed by atoms with Crippen LogP contribution < -0.4 is 15.4 Å².